The van der Waals surface area contributed by atoms with Crippen molar-refractivity contribution in [2.45, 2.75) is 142 Å². The maximum absolute atomic E-state index is 14.7. The van der Waals surface area contributed by atoms with E-state index >= 15 is 0 Å². The van der Waals surface area contributed by atoms with Gasteiger partial charge in [0.2, 0.25) is 0 Å². The number of aromatic nitrogens is 3. The van der Waals surface area contributed by atoms with Gasteiger partial charge in [-0.05, 0) is 79.6 Å². The molecule has 4 heterocycles. The number of hydrogen-bond donors (Lipinski definition) is 2. The van der Waals surface area contributed by atoms with E-state index in [0.717, 1.165) is 11.0 Å². The SMILES string of the molecule is CC[C@H]1OC(=O)[C@H](C)C(=O)[C@H](C)[C@@H](O[C@@H]2OC(C)CC(N(C)C)C2O)[C@](C)(OC)C[C@@H](C)C(=O)[C@H](C)[C@H]2N(NCCCn3nnc4ccccc43)C(=O)O[C@]12C.CSF. The van der Waals surface area contributed by atoms with Crippen molar-refractivity contribution in [3.8, 4) is 0 Å². The molecule has 16 nitrogen and oxygen atoms in total. The van der Waals surface area contributed by atoms with Crippen LogP contribution in [0, 0.1) is 23.7 Å². The summed E-state index contributed by atoms with van der Waals surface area (Å²) >= 11 is 0.250. The number of para-hydroxylation sites is 1. The number of benzene rings is 1. The van der Waals surface area contributed by atoms with Gasteiger partial charge in [-0.15, -0.1) is 5.10 Å². The first-order valence-corrected chi connectivity index (χ1v) is 21.6. The van der Waals surface area contributed by atoms with Gasteiger partial charge in [0.15, 0.2) is 17.7 Å². The van der Waals surface area contributed by atoms with Crippen LogP contribution in [0.5, 0.6) is 0 Å². The third kappa shape index (κ3) is 10.4. The number of hydrazine groups is 1. The van der Waals surface area contributed by atoms with Crippen LogP contribution in [-0.2, 0) is 44.6 Å². The number of aliphatic hydroxyl groups is 1. The maximum atomic E-state index is 14.7. The minimum Gasteiger partial charge on any atom is -0.458 e. The van der Waals surface area contributed by atoms with Crippen molar-refractivity contribution in [3.05, 3.63) is 24.3 Å². The summed E-state index contributed by atoms with van der Waals surface area (Å²) in [5.74, 6) is -5.14. The zero-order valence-corrected chi connectivity index (χ0v) is 37.4. The number of ether oxygens (including phenoxy) is 5. The summed E-state index contributed by atoms with van der Waals surface area (Å²) in [6.45, 7) is 14.6. The number of amides is 1. The second-order valence-corrected chi connectivity index (χ2v) is 17.1. The molecule has 0 bridgehead atoms. The number of esters is 1. The van der Waals surface area contributed by atoms with Gasteiger partial charge in [-0.2, -0.15) is 3.89 Å². The van der Waals surface area contributed by atoms with Crippen LogP contribution in [0.15, 0.2) is 24.3 Å². The standard InChI is InChI=1S/C40H62N6O10.CH3FS/c1-12-30-40(8)34(46(38(51)56-40)41-18-15-19-45-28-17-14-13-16-27(28)42-43-45)24(4)31(47)22(2)21-39(7,52-11)35(25(5)32(48)26(6)36(50)54-30)55-37-33(49)29(44(9)10)20-23(3)53-37;1-3-2/h13-14,16-17,22-26,29-30,33-35,37,41,49H,12,15,18-21H2,1-11H3;1H3/t22-,23?,24+,25+,26-,29?,30-,33?,34-,35-,37+,39-,40-;/m1./s1. The second kappa shape index (κ2) is 20.5. The lowest BCUT2D eigenvalue weighted by Gasteiger charge is -2.47. The van der Waals surface area contributed by atoms with Gasteiger partial charge in [0.1, 0.15) is 35.5 Å². The van der Waals surface area contributed by atoms with E-state index in [2.05, 4.69) is 15.7 Å². The minimum atomic E-state index is -1.46. The molecule has 3 aliphatic heterocycles. The van der Waals surface area contributed by atoms with Crippen LogP contribution in [-0.4, -0.2) is 142 Å². The van der Waals surface area contributed by atoms with E-state index in [4.69, 9.17) is 23.7 Å². The van der Waals surface area contributed by atoms with E-state index in [0.29, 0.717) is 25.9 Å². The predicted octanol–water partition coefficient (Wildman–Crippen LogP) is 4.76. The quantitative estimate of drug-likeness (QED) is 0.189. The zero-order valence-electron chi connectivity index (χ0n) is 36.5. The number of carbonyl (C=O) groups is 4. The average Bonchev–Trinajstić information content (AvgIpc) is 3.73. The molecule has 3 saturated heterocycles. The fourth-order valence-corrected chi connectivity index (χ4v) is 9.04. The van der Waals surface area contributed by atoms with Crippen molar-refractivity contribution < 1.29 is 51.9 Å². The molecule has 332 valence electrons. The Kier molecular flexibility index (Phi) is 16.8. The summed E-state index contributed by atoms with van der Waals surface area (Å²) in [6.07, 6.45) is -2.36. The lowest BCUT2D eigenvalue weighted by molar-refractivity contribution is -0.295. The number of Topliss-reactive ketones (excluding diaryl/α,β-unsaturated/α-hetero) is 2. The summed E-state index contributed by atoms with van der Waals surface area (Å²) in [5, 5.41) is 21.2. The molecule has 3 fully saturated rings. The first-order chi connectivity index (χ1) is 27.8. The number of hydrogen-bond acceptors (Lipinski definition) is 15. The van der Waals surface area contributed by atoms with Crippen LogP contribution < -0.4 is 5.43 Å². The van der Waals surface area contributed by atoms with Crippen molar-refractivity contribution in [1.29, 1.82) is 0 Å². The summed E-state index contributed by atoms with van der Waals surface area (Å²) in [4.78, 5) is 58.5. The molecule has 2 N–H and O–H groups in total. The number of methoxy groups -OCH3 is 1. The van der Waals surface area contributed by atoms with Gasteiger partial charge in [-0.1, -0.05) is 45.0 Å². The number of fused-ring (bicyclic) bond motifs is 2. The molecule has 5 rings (SSSR count). The first kappa shape index (κ1) is 48.4. The van der Waals surface area contributed by atoms with Crippen LogP contribution in [0.25, 0.3) is 11.0 Å². The van der Waals surface area contributed by atoms with Gasteiger partial charge in [-0.25, -0.2) is 19.9 Å². The third-order valence-electron chi connectivity index (χ3n) is 12.3. The van der Waals surface area contributed by atoms with E-state index in [-0.39, 0.29) is 42.9 Å². The van der Waals surface area contributed by atoms with Gasteiger partial charge in [-0.3, -0.25) is 14.4 Å². The van der Waals surface area contributed by atoms with Gasteiger partial charge in [0.25, 0.3) is 0 Å². The molecular formula is C41H65FN6O10S. The molecular weight excluding hydrogens is 788 g/mol. The third-order valence-corrected chi connectivity index (χ3v) is 12.3. The molecule has 3 unspecified atom stereocenters. The molecule has 1 aromatic heterocycles. The highest BCUT2D eigenvalue weighted by Crippen LogP contribution is 2.42. The summed E-state index contributed by atoms with van der Waals surface area (Å²) in [7, 11) is 5.22. The van der Waals surface area contributed by atoms with E-state index in [1.54, 1.807) is 46.2 Å². The second-order valence-electron chi connectivity index (χ2n) is 16.8. The van der Waals surface area contributed by atoms with Gasteiger partial charge >= 0.3 is 12.1 Å². The van der Waals surface area contributed by atoms with E-state index in [9.17, 15) is 28.2 Å². The molecule has 0 aliphatic carbocycles. The molecule has 1 aromatic carbocycles. The summed E-state index contributed by atoms with van der Waals surface area (Å²) in [5.41, 5.74) is 2.13. The first-order valence-electron chi connectivity index (χ1n) is 20.5. The number of ketones is 2. The Labute approximate surface area is 351 Å². The van der Waals surface area contributed by atoms with E-state index < -0.39 is 83.4 Å². The molecule has 13 atom stereocenters. The topological polar surface area (TPSA) is 184 Å². The Morgan fingerprint density at radius 1 is 1.07 bits per heavy atom. The Balaban J connectivity index is 0.00000248. The minimum absolute atomic E-state index is 0.109. The highest BCUT2D eigenvalue weighted by Gasteiger charge is 2.61. The molecule has 2 aromatic rings. The summed E-state index contributed by atoms with van der Waals surface area (Å²) in [6, 6.07) is 6.45. The molecule has 0 saturated carbocycles. The number of nitrogens with one attached hydrogen (secondary N) is 1. The van der Waals surface area contributed by atoms with Gasteiger partial charge in [0.05, 0.1) is 23.3 Å². The fourth-order valence-electron chi connectivity index (χ4n) is 9.04. The number of likely N-dealkylation sites (N-methyl/N-ethyl adjacent to an activating group) is 1. The highest BCUT2D eigenvalue weighted by atomic mass is 32.2. The Morgan fingerprint density at radius 3 is 2.36 bits per heavy atom. The average molecular weight is 853 g/mol. The Hall–Kier alpha value is -3.26. The van der Waals surface area contributed by atoms with Crippen molar-refractivity contribution in [3.63, 3.8) is 0 Å². The lowest BCUT2D eigenvalue weighted by Crippen LogP contribution is -2.61. The normalized spacial score (nSPS) is 36.1. The number of rotatable bonds is 10. The van der Waals surface area contributed by atoms with Crippen molar-refractivity contribution >= 4 is 46.8 Å². The van der Waals surface area contributed by atoms with Gasteiger partial charge in [0, 0.05) is 62.4 Å². The van der Waals surface area contributed by atoms with Crippen molar-refractivity contribution in [2.24, 2.45) is 23.7 Å². The summed E-state index contributed by atoms with van der Waals surface area (Å²) < 4.78 is 43.1. The largest absolute Gasteiger partial charge is 0.458 e. The monoisotopic (exact) mass is 852 g/mol. The smallest absolute Gasteiger partial charge is 0.425 e. The highest BCUT2D eigenvalue weighted by molar-refractivity contribution is 7.93. The molecule has 59 heavy (non-hydrogen) atoms. The predicted molar refractivity (Wildman–Crippen MR) is 219 cm³/mol. The van der Waals surface area contributed by atoms with Crippen LogP contribution in [0.3, 0.4) is 0 Å². The molecule has 1 amide bonds. The fraction of sp³-hybridized carbons (Fsp3) is 0.756. The van der Waals surface area contributed by atoms with Crippen LogP contribution >= 0.6 is 12.1 Å². The number of aryl methyl sites for hydroxylation is 1. The molecule has 0 spiro atoms. The number of nitrogens with zero attached hydrogens (tertiary/aromatic N) is 5. The Bertz CT molecular complexity index is 1750. The molecule has 3 aliphatic rings. The number of halogens is 1. The zero-order chi connectivity index (χ0) is 44.0. The molecule has 18 heteroatoms. The van der Waals surface area contributed by atoms with Gasteiger partial charge < -0.3 is 33.7 Å². The van der Waals surface area contributed by atoms with E-state index in [1.165, 1.54) is 25.3 Å². The number of aliphatic hydroxyl groups excluding tert-OH is 1. The van der Waals surface area contributed by atoms with Crippen molar-refractivity contribution in [2.75, 3.05) is 34.0 Å². The van der Waals surface area contributed by atoms with E-state index in [1.807, 2.05) is 50.2 Å². The van der Waals surface area contributed by atoms with Crippen molar-refractivity contribution in [1.82, 2.24) is 30.3 Å². The Morgan fingerprint density at radius 2 is 1.73 bits per heavy atom. The van der Waals surface area contributed by atoms with Crippen LogP contribution in [0.4, 0.5) is 8.68 Å². The molecule has 0 radical (unpaired) electrons. The maximum Gasteiger partial charge on any atom is 0.425 e. The lowest BCUT2D eigenvalue weighted by atomic mass is 9.73. The van der Waals surface area contributed by atoms with Crippen LogP contribution in [0.1, 0.15) is 81.1 Å². The number of carbonyl (C=O) groups excluding carboxylic acids is 4. The number of cyclic esters (lactones) is 1. The van der Waals surface area contributed by atoms with Crippen LogP contribution in [0.2, 0.25) is 0 Å².